The van der Waals surface area contributed by atoms with Gasteiger partial charge in [-0.05, 0) is 39.3 Å². The molecule has 0 aliphatic heterocycles. The first-order valence-corrected chi connectivity index (χ1v) is 8.44. The monoisotopic (exact) mass is 296 g/mol. The third kappa shape index (κ3) is 3.93. The lowest BCUT2D eigenvalue weighted by atomic mass is 9.99. The van der Waals surface area contributed by atoms with Crippen LogP contribution >= 0.6 is 11.3 Å². The Morgan fingerprint density at radius 3 is 2.70 bits per heavy atom. The number of fused-ring (bicyclic) bond motifs is 1. The number of hydrogen-bond acceptors (Lipinski definition) is 5. The molecule has 0 saturated carbocycles. The average molecular weight is 296 g/mol. The van der Waals surface area contributed by atoms with Crippen molar-refractivity contribution in [2.75, 3.05) is 38.6 Å². The Bertz CT molecular complexity index is 428. The molecule has 1 unspecified atom stereocenters. The maximum atomic E-state index is 6.23. The van der Waals surface area contributed by atoms with E-state index >= 15 is 0 Å². The van der Waals surface area contributed by atoms with Gasteiger partial charge in [0.15, 0.2) is 5.13 Å². The third-order valence-electron chi connectivity index (χ3n) is 3.65. The normalized spacial score (nSPS) is 18.6. The van der Waals surface area contributed by atoms with Crippen molar-refractivity contribution in [2.24, 2.45) is 11.7 Å². The summed E-state index contributed by atoms with van der Waals surface area (Å²) >= 11 is 1.82. The number of hydrogen-bond donors (Lipinski definition) is 1. The SMILES string of the molecule is CC(C)CN(CCN(C)C)c1nc2c(s1)C(N)CCC2. The zero-order valence-corrected chi connectivity index (χ0v) is 14.0. The first-order valence-electron chi connectivity index (χ1n) is 7.62. The van der Waals surface area contributed by atoms with Crippen LogP contribution in [-0.2, 0) is 6.42 Å². The molecule has 2 N–H and O–H groups in total. The Morgan fingerprint density at radius 1 is 1.35 bits per heavy atom. The summed E-state index contributed by atoms with van der Waals surface area (Å²) in [7, 11) is 4.24. The van der Waals surface area contributed by atoms with Crippen LogP contribution < -0.4 is 10.6 Å². The fourth-order valence-corrected chi connectivity index (χ4v) is 3.78. The van der Waals surface area contributed by atoms with Crippen LogP contribution in [0.25, 0.3) is 0 Å². The Morgan fingerprint density at radius 2 is 2.10 bits per heavy atom. The average Bonchev–Trinajstić information content (AvgIpc) is 2.79. The zero-order chi connectivity index (χ0) is 14.7. The minimum atomic E-state index is 0.208. The molecule has 0 amide bonds. The van der Waals surface area contributed by atoms with Gasteiger partial charge in [0.05, 0.1) is 5.69 Å². The van der Waals surface area contributed by atoms with Crippen molar-refractivity contribution < 1.29 is 0 Å². The van der Waals surface area contributed by atoms with Crippen molar-refractivity contribution in [3.63, 3.8) is 0 Å². The van der Waals surface area contributed by atoms with Gasteiger partial charge >= 0.3 is 0 Å². The van der Waals surface area contributed by atoms with Crippen LogP contribution in [0.5, 0.6) is 0 Å². The van der Waals surface area contributed by atoms with Crippen molar-refractivity contribution >= 4 is 16.5 Å². The molecule has 0 saturated heterocycles. The molecule has 5 heteroatoms. The molecule has 114 valence electrons. The fourth-order valence-electron chi connectivity index (χ4n) is 2.60. The molecule has 0 spiro atoms. The Kier molecular flexibility index (Phi) is 5.41. The number of nitrogens with zero attached hydrogens (tertiary/aromatic N) is 3. The lowest BCUT2D eigenvalue weighted by Crippen LogP contribution is -2.34. The van der Waals surface area contributed by atoms with E-state index in [1.165, 1.54) is 22.1 Å². The van der Waals surface area contributed by atoms with E-state index in [1.807, 2.05) is 11.3 Å². The van der Waals surface area contributed by atoms with Gasteiger partial charge in [0.1, 0.15) is 0 Å². The van der Waals surface area contributed by atoms with Crippen LogP contribution in [-0.4, -0.2) is 43.6 Å². The summed E-state index contributed by atoms with van der Waals surface area (Å²) in [4.78, 5) is 10.9. The van der Waals surface area contributed by atoms with E-state index in [0.717, 1.165) is 32.5 Å². The van der Waals surface area contributed by atoms with Gasteiger partial charge in [0.25, 0.3) is 0 Å². The fraction of sp³-hybridized carbons (Fsp3) is 0.800. The quantitative estimate of drug-likeness (QED) is 0.876. The minimum Gasteiger partial charge on any atom is -0.347 e. The lowest BCUT2D eigenvalue weighted by molar-refractivity contribution is 0.409. The van der Waals surface area contributed by atoms with Crippen molar-refractivity contribution in [2.45, 2.75) is 39.2 Å². The number of likely N-dealkylation sites (N-methyl/N-ethyl adjacent to an activating group) is 1. The van der Waals surface area contributed by atoms with Crippen molar-refractivity contribution in [3.8, 4) is 0 Å². The summed E-state index contributed by atoms with van der Waals surface area (Å²) in [6.07, 6.45) is 3.39. The van der Waals surface area contributed by atoms with E-state index in [1.54, 1.807) is 0 Å². The van der Waals surface area contributed by atoms with E-state index in [9.17, 15) is 0 Å². The van der Waals surface area contributed by atoms with E-state index in [-0.39, 0.29) is 6.04 Å². The standard InChI is InChI=1S/C15H28N4S/c1-11(2)10-19(9-8-18(3)4)15-17-13-7-5-6-12(16)14(13)20-15/h11-12H,5-10,16H2,1-4H3. The van der Waals surface area contributed by atoms with Gasteiger partial charge in [-0.1, -0.05) is 25.2 Å². The molecule has 1 aromatic rings. The van der Waals surface area contributed by atoms with Crippen molar-refractivity contribution in [1.82, 2.24) is 9.88 Å². The summed E-state index contributed by atoms with van der Waals surface area (Å²) in [5.41, 5.74) is 7.48. The number of aryl methyl sites for hydroxylation is 1. The number of anilines is 1. The Balaban J connectivity index is 2.15. The molecule has 1 heterocycles. The second-order valence-corrected chi connectivity index (χ2v) is 7.46. The molecule has 0 aromatic carbocycles. The third-order valence-corrected chi connectivity index (χ3v) is 4.95. The van der Waals surface area contributed by atoms with Crippen molar-refractivity contribution in [3.05, 3.63) is 10.6 Å². The highest BCUT2D eigenvalue weighted by molar-refractivity contribution is 7.15. The molecule has 1 aliphatic rings. The number of aromatic nitrogens is 1. The van der Waals surface area contributed by atoms with E-state index in [0.29, 0.717) is 5.92 Å². The summed E-state index contributed by atoms with van der Waals surface area (Å²) in [5.74, 6) is 0.645. The first kappa shape index (κ1) is 15.7. The van der Waals surface area contributed by atoms with Gasteiger partial charge in [0.2, 0.25) is 0 Å². The van der Waals surface area contributed by atoms with Crippen LogP contribution in [0, 0.1) is 5.92 Å². The van der Waals surface area contributed by atoms with Crippen molar-refractivity contribution in [1.29, 1.82) is 0 Å². The zero-order valence-electron chi connectivity index (χ0n) is 13.2. The van der Waals surface area contributed by atoms with Gasteiger partial charge in [-0.15, -0.1) is 0 Å². The molecule has 0 bridgehead atoms. The van der Waals surface area contributed by atoms with Gasteiger partial charge in [-0.3, -0.25) is 0 Å². The topological polar surface area (TPSA) is 45.4 Å². The molecule has 4 nitrogen and oxygen atoms in total. The highest BCUT2D eigenvalue weighted by Crippen LogP contribution is 2.36. The lowest BCUT2D eigenvalue weighted by Gasteiger charge is -2.25. The molecule has 2 rings (SSSR count). The number of rotatable bonds is 6. The predicted molar refractivity (Wildman–Crippen MR) is 87.6 cm³/mol. The van der Waals surface area contributed by atoms with Gasteiger partial charge in [-0.25, -0.2) is 4.98 Å². The van der Waals surface area contributed by atoms with E-state index in [2.05, 4.69) is 37.7 Å². The van der Waals surface area contributed by atoms with Gasteiger partial charge < -0.3 is 15.5 Å². The number of nitrogens with two attached hydrogens (primary N) is 1. The van der Waals surface area contributed by atoms with Crippen LogP contribution in [0.3, 0.4) is 0 Å². The van der Waals surface area contributed by atoms with Crippen LogP contribution in [0.2, 0.25) is 0 Å². The molecule has 1 aliphatic carbocycles. The predicted octanol–water partition coefficient (Wildman–Crippen LogP) is 2.50. The maximum absolute atomic E-state index is 6.23. The van der Waals surface area contributed by atoms with E-state index < -0.39 is 0 Å². The summed E-state index contributed by atoms with van der Waals surface area (Å²) in [6, 6.07) is 0.208. The Hall–Kier alpha value is -0.650. The van der Waals surface area contributed by atoms with E-state index in [4.69, 9.17) is 10.7 Å². The summed E-state index contributed by atoms with van der Waals surface area (Å²) in [6.45, 7) is 7.69. The first-order chi connectivity index (χ1) is 9.47. The van der Waals surface area contributed by atoms with Crippen LogP contribution in [0.1, 0.15) is 43.3 Å². The molecule has 1 atom stereocenters. The molecular weight excluding hydrogens is 268 g/mol. The number of thiazole rings is 1. The second kappa shape index (κ2) is 6.87. The molecule has 20 heavy (non-hydrogen) atoms. The van der Waals surface area contributed by atoms with Crippen LogP contribution in [0.15, 0.2) is 0 Å². The highest BCUT2D eigenvalue weighted by Gasteiger charge is 2.24. The minimum absolute atomic E-state index is 0.208. The molecule has 0 radical (unpaired) electrons. The Labute approximate surface area is 127 Å². The van der Waals surface area contributed by atoms with Gasteiger partial charge in [0, 0.05) is 30.6 Å². The second-order valence-electron chi connectivity index (χ2n) is 6.45. The molecular formula is C15H28N4S. The summed E-state index contributed by atoms with van der Waals surface area (Å²) < 4.78 is 0. The smallest absolute Gasteiger partial charge is 0.185 e. The van der Waals surface area contributed by atoms with Crippen LogP contribution in [0.4, 0.5) is 5.13 Å². The summed E-state index contributed by atoms with van der Waals surface area (Å²) in [5, 5.41) is 1.17. The van der Waals surface area contributed by atoms with Gasteiger partial charge in [-0.2, -0.15) is 0 Å². The highest BCUT2D eigenvalue weighted by atomic mass is 32.1. The maximum Gasteiger partial charge on any atom is 0.185 e. The molecule has 0 fully saturated rings. The largest absolute Gasteiger partial charge is 0.347 e. The molecule has 1 aromatic heterocycles.